The molecule has 0 aliphatic carbocycles. The van der Waals surface area contributed by atoms with E-state index in [-0.39, 0.29) is 0 Å². The van der Waals surface area contributed by atoms with Crippen LogP contribution in [-0.2, 0) is 4.79 Å². The van der Waals surface area contributed by atoms with Crippen molar-refractivity contribution in [1.29, 1.82) is 0 Å². The van der Waals surface area contributed by atoms with Crippen molar-refractivity contribution < 1.29 is 25.2 Å². The Kier molecular flexibility index (Phi) is 34.2. The van der Waals surface area contributed by atoms with E-state index in [1.54, 1.807) is 0 Å². The van der Waals surface area contributed by atoms with Crippen molar-refractivity contribution in [1.82, 2.24) is 5.32 Å². The summed E-state index contributed by atoms with van der Waals surface area (Å²) in [5.74, 6) is -0.597. The topological polar surface area (TPSA) is 110 Å². The van der Waals surface area contributed by atoms with Crippen molar-refractivity contribution in [3.63, 3.8) is 0 Å². The van der Waals surface area contributed by atoms with Crippen LogP contribution < -0.4 is 5.32 Å². The smallest absolute Gasteiger partial charge is 0.249 e. The van der Waals surface area contributed by atoms with E-state index in [9.17, 15) is 25.2 Å². The van der Waals surface area contributed by atoms with Gasteiger partial charge in [0, 0.05) is 0 Å². The fourth-order valence-corrected chi connectivity index (χ4v) is 5.95. The lowest BCUT2D eigenvalue weighted by Gasteiger charge is -2.27. The molecule has 0 aromatic rings. The van der Waals surface area contributed by atoms with Crippen LogP contribution in [-0.4, -0.2) is 57.3 Å². The lowest BCUT2D eigenvalue weighted by atomic mass is 10.0. The first-order chi connectivity index (χ1) is 22.5. The Bertz CT molecular complexity index is 697. The van der Waals surface area contributed by atoms with E-state index >= 15 is 0 Å². The third-order valence-electron chi connectivity index (χ3n) is 9.17. The SMILES string of the molecule is CCCCCCCCCCC/C=C\C/C=C\CCCCCCCCCCCCCCC(O)C(=O)NC(CO)C(O)C(O)CCCC. The maximum absolute atomic E-state index is 12.3. The van der Waals surface area contributed by atoms with Crippen molar-refractivity contribution in [3.05, 3.63) is 24.3 Å². The Labute approximate surface area is 284 Å². The molecular weight excluding hydrogens is 574 g/mol. The standard InChI is InChI=1S/C40H77NO5/c1-3-5-7-8-9-10-11-12-13-14-15-16-17-18-19-20-21-22-23-24-25-26-27-28-29-30-31-32-34-38(44)40(46)41-36(35-42)39(45)37(43)33-6-4-2/h15-16,18-19,36-39,42-45H,3-14,17,20-35H2,1-2H3,(H,41,46)/b16-15-,19-18-. The van der Waals surface area contributed by atoms with Crippen molar-refractivity contribution in [2.75, 3.05) is 6.61 Å². The summed E-state index contributed by atoms with van der Waals surface area (Å²) >= 11 is 0. The monoisotopic (exact) mass is 652 g/mol. The molecule has 0 spiro atoms. The predicted octanol–water partition coefficient (Wildman–Crippen LogP) is 9.62. The maximum atomic E-state index is 12.3. The zero-order valence-corrected chi connectivity index (χ0v) is 30.3. The van der Waals surface area contributed by atoms with Crippen molar-refractivity contribution in [2.24, 2.45) is 0 Å². The molecule has 1 amide bonds. The fourth-order valence-electron chi connectivity index (χ4n) is 5.95. The van der Waals surface area contributed by atoms with E-state index in [0.29, 0.717) is 12.8 Å². The molecule has 6 nitrogen and oxygen atoms in total. The van der Waals surface area contributed by atoms with E-state index in [4.69, 9.17) is 0 Å². The van der Waals surface area contributed by atoms with Crippen molar-refractivity contribution in [3.8, 4) is 0 Å². The summed E-state index contributed by atoms with van der Waals surface area (Å²) in [4.78, 5) is 12.3. The second kappa shape index (κ2) is 35.1. The summed E-state index contributed by atoms with van der Waals surface area (Å²) in [5, 5.41) is 42.4. The van der Waals surface area contributed by atoms with Crippen LogP contribution in [0.5, 0.6) is 0 Å². The number of unbranched alkanes of at least 4 members (excludes halogenated alkanes) is 22. The Morgan fingerprint density at radius 1 is 0.543 bits per heavy atom. The van der Waals surface area contributed by atoms with Crippen LogP contribution in [0, 0.1) is 0 Å². The summed E-state index contributed by atoms with van der Waals surface area (Å²) in [6.07, 6.45) is 39.1. The summed E-state index contributed by atoms with van der Waals surface area (Å²) in [6, 6.07) is -0.979. The first-order valence-corrected chi connectivity index (χ1v) is 19.7. The predicted molar refractivity (Wildman–Crippen MR) is 196 cm³/mol. The Morgan fingerprint density at radius 3 is 1.39 bits per heavy atom. The molecule has 4 unspecified atom stereocenters. The average molecular weight is 652 g/mol. The van der Waals surface area contributed by atoms with Crippen molar-refractivity contribution >= 4 is 5.91 Å². The van der Waals surface area contributed by atoms with E-state index < -0.39 is 36.9 Å². The molecule has 5 N–H and O–H groups in total. The van der Waals surface area contributed by atoms with Gasteiger partial charge in [-0.2, -0.15) is 0 Å². The van der Waals surface area contributed by atoms with E-state index in [1.807, 2.05) is 6.92 Å². The minimum absolute atomic E-state index is 0.366. The second-order valence-corrected chi connectivity index (χ2v) is 13.6. The van der Waals surface area contributed by atoms with Gasteiger partial charge in [0.05, 0.1) is 18.8 Å². The van der Waals surface area contributed by atoms with Gasteiger partial charge >= 0.3 is 0 Å². The van der Waals surface area contributed by atoms with Crippen molar-refractivity contribution in [2.45, 2.75) is 218 Å². The Hall–Kier alpha value is -1.21. The molecule has 6 heteroatoms. The molecule has 0 radical (unpaired) electrons. The van der Waals surface area contributed by atoms with Crippen LogP contribution in [0.1, 0.15) is 194 Å². The number of rotatable bonds is 35. The van der Waals surface area contributed by atoms with E-state index in [0.717, 1.165) is 38.5 Å². The number of amides is 1. The van der Waals surface area contributed by atoms with Gasteiger partial charge in [0.1, 0.15) is 12.2 Å². The molecule has 4 atom stereocenters. The number of hydrogen-bond donors (Lipinski definition) is 5. The van der Waals surface area contributed by atoms with Gasteiger partial charge in [-0.15, -0.1) is 0 Å². The minimum atomic E-state index is -1.25. The number of aliphatic hydroxyl groups is 4. The van der Waals surface area contributed by atoms with Gasteiger partial charge in [0.15, 0.2) is 0 Å². The number of aliphatic hydroxyl groups excluding tert-OH is 4. The molecule has 0 rings (SSSR count). The quantitative estimate of drug-likeness (QED) is 0.0346. The first kappa shape index (κ1) is 44.8. The number of hydrogen-bond acceptors (Lipinski definition) is 5. The van der Waals surface area contributed by atoms with Crippen LogP contribution in [0.15, 0.2) is 24.3 Å². The number of carbonyl (C=O) groups excluding carboxylic acids is 1. The van der Waals surface area contributed by atoms with Crippen LogP contribution in [0.4, 0.5) is 0 Å². The third-order valence-corrected chi connectivity index (χ3v) is 9.17. The third kappa shape index (κ3) is 29.0. The van der Waals surface area contributed by atoms with E-state index in [2.05, 4.69) is 36.5 Å². The molecule has 0 aromatic heterocycles. The Balaban J connectivity index is 3.50. The number of carbonyl (C=O) groups is 1. The maximum Gasteiger partial charge on any atom is 0.249 e. The molecule has 0 fully saturated rings. The molecule has 0 bridgehead atoms. The molecule has 0 heterocycles. The van der Waals surface area contributed by atoms with Crippen LogP contribution in [0.3, 0.4) is 0 Å². The van der Waals surface area contributed by atoms with Crippen LogP contribution >= 0.6 is 0 Å². The summed E-state index contributed by atoms with van der Waals surface area (Å²) in [7, 11) is 0. The molecule has 0 aliphatic heterocycles. The van der Waals surface area contributed by atoms with Gasteiger partial charge < -0.3 is 25.7 Å². The molecule has 0 saturated heterocycles. The van der Waals surface area contributed by atoms with Gasteiger partial charge in [0.25, 0.3) is 0 Å². The number of allylic oxidation sites excluding steroid dienone is 4. The molecule has 0 aromatic carbocycles. The van der Waals surface area contributed by atoms with Gasteiger partial charge in [-0.3, -0.25) is 4.79 Å². The van der Waals surface area contributed by atoms with Gasteiger partial charge in [0.2, 0.25) is 5.91 Å². The van der Waals surface area contributed by atoms with Gasteiger partial charge in [-0.25, -0.2) is 0 Å². The average Bonchev–Trinajstić information content (AvgIpc) is 3.06. The molecule has 272 valence electrons. The minimum Gasteiger partial charge on any atom is -0.394 e. The summed E-state index contributed by atoms with van der Waals surface area (Å²) < 4.78 is 0. The van der Waals surface area contributed by atoms with Gasteiger partial charge in [-0.05, 0) is 44.9 Å². The second-order valence-electron chi connectivity index (χ2n) is 13.6. The highest BCUT2D eigenvalue weighted by molar-refractivity contribution is 5.80. The molecule has 46 heavy (non-hydrogen) atoms. The number of nitrogens with one attached hydrogen (secondary N) is 1. The zero-order valence-electron chi connectivity index (χ0n) is 30.3. The molecule has 0 aliphatic rings. The van der Waals surface area contributed by atoms with Gasteiger partial charge in [-0.1, -0.05) is 173 Å². The fraction of sp³-hybridized carbons (Fsp3) is 0.875. The lowest BCUT2D eigenvalue weighted by molar-refractivity contribution is -0.132. The zero-order chi connectivity index (χ0) is 33.9. The highest BCUT2D eigenvalue weighted by Gasteiger charge is 2.28. The molecule has 0 saturated carbocycles. The highest BCUT2D eigenvalue weighted by Crippen LogP contribution is 2.15. The summed E-state index contributed by atoms with van der Waals surface area (Å²) in [5.41, 5.74) is 0. The molecular formula is C40H77NO5. The van der Waals surface area contributed by atoms with Crippen LogP contribution in [0.2, 0.25) is 0 Å². The van der Waals surface area contributed by atoms with E-state index in [1.165, 1.54) is 128 Å². The Morgan fingerprint density at radius 2 is 0.957 bits per heavy atom. The normalized spacial score (nSPS) is 14.7. The first-order valence-electron chi connectivity index (χ1n) is 19.7. The lowest BCUT2D eigenvalue weighted by Crippen LogP contribution is -2.53. The summed E-state index contributed by atoms with van der Waals surface area (Å²) in [6.45, 7) is 3.78. The highest BCUT2D eigenvalue weighted by atomic mass is 16.3. The van der Waals surface area contributed by atoms with Crippen LogP contribution in [0.25, 0.3) is 0 Å². The largest absolute Gasteiger partial charge is 0.394 e.